The molecule has 19 heteroatoms. The number of hydrogen-bond acceptors (Lipinski definition) is 14. The van der Waals surface area contributed by atoms with E-state index in [2.05, 4.69) is 41.8 Å². The molecule has 372 valence electrons. The topological polar surface area (TPSA) is 276 Å². The molecule has 0 heterocycles. The van der Waals surface area contributed by atoms with Crippen LogP contribution in [0.2, 0.25) is 0 Å². The summed E-state index contributed by atoms with van der Waals surface area (Å²) in [5.74, 6) is -1.29. The molecule has 5 unspecified atom stereocenters. The van der Waals surface area contributed by atoms with E-state index in [1.807, 2.05) is 18.2 Å². The second-order valence-electron chi connectivity index (χ2n) is 16.4. The molecule has 8 N–H and O–H groups in total. The molecule has 1 aliphatic carbocycles. The summed E-state index contributed by atoms with van der Waals surface area (Å²) in [6.07, 6.45) is 22.1. The van der Waals surface area contributed by atoms with Gasteiger partial charge in [-0.3, -0.25) is 23.2 Å². The Labute approximate surface area is 380 Å². The van der Waals surface area contributed by atoms with Crippen molar-refractivity contribution in [3.8, 4) is 0 Å². The Balaban J connectivity index is 2.63. The van der Waals surface area contributed by atoms with Crippen LogP contribution in [0.25, 0.3) is 0 Å². The third-order valence-corrected chi connectivity index (χ3v) is 11.9. The van der Waals surface area contributed by atoms with Crippen molar-refractivity contribution in [2.75, 3.05) is 13.2 Å². The Bertz CT molecular complexity index is 1450. The average molecular weight is 955 g/mol. The van der Waals surface area contributed by atoms with Gasteiger partial charge in [0.15, 0.2) is 6.10 Å². The summed E-state index contributed by atoms with van der Waals surface area (Å²) < 4.78 is 49.2. The van der Waals surface area contributed by atoms with E-state index >= 15 is 0 Å². The van der Waals surface area contributed by atoms with Crippen LogP contribution in [0.4, 0.5) is 0 Å². The highest BCUT2D eigenvalue weighted by atomic mass is 31.2. The summed E-state index contributed by atoms with van der Waals surface area (Å²) in [7, 11) is -10.7. The van der Waals surface area contributed by atoms with Crippen LogP contribution in [0.15, 0.2) is 48.6 Å². The Kier molecular flexibility index (Phi) is 33.7. The Morgan fingerprint density at radius 2 is 1.02 bits per heavy atom. The summed E-state index contributed by atoms with van der Waals surface area (Å²) in [5, 5.41) is 50.5. The van der Waals surface area contributed by atoms with Crippen molar-refractivity contribution in [3.63, 3.8) is 0 Å². The van der Waals surface area contributed by atoms with Gasteiger partial charge in [-0.1, -0.05) is 133 Å². The van der Waals surface area contributed by atoms with Gasteiger partial charge in [0.05, 0.1) is 12.7 Å². The lowest BCUT2D eigenvalue weighted by molar-refractivity contribution is -0.216. The highest BCUT2D eigenvalue weighted by Gasteiger charge is 2.54. The van der Waals surface area contributed by atoms with Crippen molar-refractivity contribution in [1.29, 1.82) is 0 Å². The lowest BCUT2D eigenvalue weighted by Crippen LogP contribution is -2.64. The average Bonchev–Trinajstić information content (AvgIpc) is 3.23. The standard InChI is InChI=1S/C45H80O17P2/c1-3-4-5-6-7-8-9-13-18-21-24-27-30-33-39(48)60-37(35-59-64(56,57)62-45-42(51)40(49)41(50)44(43(45)52)61-63(53,54)55)34-58-38(47)32-29-26-23-20-17-15-12-10-11-14-16-19-22-25-28-31-36(2)46/h11-12,14-15,19-20,22-23,36-37,40-46,49-52H,3-10,13,16-18,21,24-35H2,1-2H3,(H,56,57)(H2,53,54,55)/b14-11-,15-12-,22-19-,23-20-/t36-,37-,40?,41?,42?,43?,44-,45+/m1/s1. The normalized spacial score (nSPS) is 22.7. The number of aliphatic hydroxyl groups excluding tert-OH is 5. The number of hydrogen-bond donors (Lipinski definition) is 8. The number of rotatable bonds is 38. The van der Waals surface area contributed by atoms with Gasteiger partial charge in [0.1, 0.15) is 43.2 Å². The van der Waals surface area contributed by atoms with Crippen molar-refractivity contribution in [3.05, 3.63) is 48.6 Å². The molecule has 1 fully saturated rings. The molecule has 0 saturated heterocycles. The second-order valence-corrected chi connectivity index (χ2v) is 19.0. The lowest BCUT2D eigenvalue weighted by atomic mass is 9.85. The van der Waals surface area contributed by atoms with Crippen molar-refractivity contribution < 1.29 is 82.0 Å². The van der Waals surface area contributed by atoms with Crippen LogP contribution in [0.1, 0.15) is 162 Å². The zero-order valence-electron chi connectivity index (χ0n) is 38.1. The zero-order valence-corrected chi connectivity index (χ0v) is 39.9. The first kappa shape index (κ1) is 59.9. The first-order chi connectivity index (χ1) is 30.5. The van der Waals surface area contributed by atoms with Gasteiger partial charge in [-0.25, -0.2) is 9.13 Å². The van der Waals surface area contributed by atoms with Crippen LogP contribution in [-0.4, -0.2) is 114 Å². The molecule has 0 aromatic carbocycles. The quantitative estimate of drug-likeness (QED) is 0.0129. The maximum Gasteiger partial charge on any atom is 0.472 e. The van der Waals surface area contributed by atoms with Gasteiger partial charge in [0.2, 0.25) is 0 Å². The van der Waals surface area contributed by atoms with Gasteiger partial charge < -0.3 is 49.7 Å². The number of carbonyl (C=O) groups excluding carboxylic acids is 2. The maximum absolute atomic E-state index is 13.0. The first-order valence-electron chi connectivity index (χ1n) is 23.2. The van der Waals surface area contributed by atoms with Gasteiger partial charge in [0, 0.05) is 12.8 Å². The van der Waals surface area contributed by atoms with Crippen LogP contribution in [0.5, 0.6) is 0 Å². The predicted octanol–water partition coefficient (Wildman–Crippen LogP) is 7.48. The molecule has 1 aliphatic rings. The molecule has 17 nitrogen and oxygen atoms in total. The summed E-state index contributed by atoms with van der Waals surface area (Å²) in [4.78, 5) is 54.2. The van der Waals surface area contributed by atoms with Crippen LogP contribution in [0.3, 0.4) is 0 Å². The van der Waals surface area contributed by atoms with E-state index in [0.29, 0.717) is 19.3 Å². The van der Waals surface area contributed by atoms with Crippen LogP contribution >= 0.6 is 15.6 Å². The summed E-state index contributed by atoms with van der Waals surface area (Å²) in [5.41, 5.74) is 0. The van der Waals surface area contributed by atoms with Gasteiger partial charge in [0.25, 0.3) is 0 Å². The SMILES string of the molecule is CCCCCCCCCCCCCCCC(=O)O[C@H](COC(=O)CCC/C=C\C/C=C\C/C=C\C/C=C\CCC[C@@H](C)O)COP(=O)(O)O[C@H]1C(O)C(O)C(O)[C@@H](OP(=O)(O)O)C1O. The summed E-state index contributed by atoms with van der Waals surface area (Å²) in [6.45, 7) is 2.60. The van der Waals surface area contributed by atoms with Crippen molar-refractivity contribution in [2.24, 2.45) is 0 Å². The minimum Gasteiger partial charge on any atom is -0.462 e. The summed E-state index contributed by atoms with van der Waals surface area (Å²) >= 11 is 0. The molecule has 0 spiro atoms. The molecule has 1 saturated carbocycles. The molecule has 0 amide bonds. The maximum atomic E-state index is 13.0. The number of carbonyl (C=O) groups is 2. The molecule has 0 radical (unpaired) electrons. The first-order valence-corrected chi connectivity index (χ1v) is 26.2. The van der Waals surface area contributed by atoms with Gasteiger partial charge in [-0.15, -0.1) is 0 Å². The fraction of sp³-hybridized carbons (Fsp3) is 0.778. The van der Waals surface area contributed by atoms with Crippen molar-refractivity contribution in [2.45, 2.75) is 210 Å². The van der Waals surface area contributed by atoms with Crippen molar-refractivity contribution >= 4 is 27.6 Å². The minimum absolute atomic E-state index is 0.0275. The molecule has 0 aromatic rings. The van der Waals surface area contributed by atoms with E-state index in [1.54, 1.807) is 6.92 Å². The Morgan fingerprint density at radius 1 is 0.562 bits per heavy atom. The molecular formula is C45H80O17P2. The van der Waals surface area contributed by atoms with E-state index in [9.17, 15) is 49.1 Å². The third-order valence-electron chi connectivity index (χ3n) is 10.4. The van der Waals surface area contributed by atoms with Gasteiger partial charge in [-0.05, 0) is 64.7 Å². The Hall–Kier alpha value is -2.08. The number of allylic oxidation sites excluding steroid dienone is 8. The lowest BCUT2D eigenvalue weighted by Gasteiger charge is -2.43. The molecule has 0 aromatic heterocycles. The minimum atomic E-state index is -5.37. The smallest absolute Gasteiger partial charge is 0.462 e. The number of aliphatic hydroxyl groups is 5. The molecule has 9 atom stereocenters. The molecular weight excluding hydrogens is 874 g/mol. The van der Waals surface area contributed by atoms with Crippen LogP contribution in [0, 0.1) is 0 Å². The van der Waals surface area contributed by atoms with E-state index in [-0.39, 0.29) is 18.9 Å². The zero-order chi connectivity index (χ0) is 47.6. The number of ether oxygens (including phenoxy) is 2. The van der Waals surface area contributed by atoms with Gasteiger partial charge in [-0.2, -0.15) is 0 Å². The fourth-order valence-corrected chi connectivity index (χ4v) is 8.34. The van der Waals surface area contributed by atoms with Gasteiger partial charge >= 0.3 is 27.6 Å². The number of unbranched alkanes of at least 4 members (excludes halogenated alkanes) is 14. The highest BCUT2D eigenvalue weighted by Crippen LogP contribution is 2.49. The van der Waals surface area contributed by atoms with Crippen molar-refractivity contribution in [1.82, 2.24) is 0 Å². The second kappa shape index (κ2) is 36.0. The molecule has 0 bridgehead atoms. The molecule has 64 heavy (non-hydrogen) atoms. The third kappa shape index (κ3) is 31.0. The fourth-order valence-electron chi connectivity index (χ4n) is 6.80. The monoisotopic (exact) mass is 954 g/mol. The number of phosphoric acid groups is 2. The van der Waals surface area contributed by atoms with Crippen LogP contribution in [-0.2, 0) is 41.8 Å². The molecule has 1 rings (SSSR count). The van der Waals surface area contributed by atoms with E-state index in [4.69, 9.17) is 28.3 Å². The van der Waals surface area contributed by atoms with Crippen LogP contribution < -0.4 is 0 Å². The highest BCUT2D eigenvalue weighted by molar-refractivity contribution is 7.47. The number of esters is 2. The predicted molar refractivity (Wildman–Crippen MR) is 243 cm³/mol. The summed E-state index contributed by atoms with van der Waals surface area (Å²) in [6, 6.07) is 0. The Morgan fingerprint density at radius 3 is 1.52 bits per heavy atom. The van der Waals surface area contributed by atoms with E-state index < -0.39 is 83.5 Å². The molecule has 0 aliphatic heterocycles. The largest absolute Gasteiger partial charge is 0.472 e. The number of phosphoric ester groups is 2. The van der Waals surface area contributed by atoms with E-state index in [1.165, 1.54) is 51.4 Å². The van der Waals surface area contributed by atoms with E-state index in [0.717, 1.165) is 64.2 Å².